The molecule has 5 amide bonds. The van der Waals surface area contributed by atoms with Crippen LogP contribution in [0.5, 0.6) is 5.75 Å². The molecular formula is C35H48N6O12S. The lowest BCUT2D eigenvalue weighted by atomic mass is 9.97. The van der Waals surface area contributed by atoms with Gasteiger partial charge in [-0.25, -0.2) is 4.79 Å². The number of carbonyl (C=O) groups is 6. The molecule has 296 valence electrons. The zero-order valence-corrected chi connectivity index (χ0v) is 30.6. The Labute approximate surface area is 315 Å². The number of rotatable bonds is 19. The average molecular weight is 777 g/mol. The molecule has 2 aromatic rings. The summed E-state index contributed by atoms with van der Waals surface area (Å²) >= 11 is 1.39. The summed E-state index contributed by atoms with van der Waals surface area (Å²) < 4.78 is 10.6. The third kappa shape index (κ3) is 14.2. The highest BCUT2D eigenvalue weighted by Gasteiger charge is 2.45. The van der Waals surface area contributed by atoms with E-state index in [1.807, 2.05) is 0 Å². The minimum atomic E-state index is -1.71. The van der Waals surface area contributed by atoms with Gasteiger partial charge >= 0.3 is 5.97 Å². The SMILES string of the molecule is CSCC[C@H](NC(=O)[C@H](Cc1ccccc1)NC(=O)CNC(=O)CNC(=O)[C@@H](N)Cc1ccc(O)cc1)C(=O)OC[C@H]1OC(O)[C@H](NC(C)=O)[C@@H](O)[C@@H]1O. The van der Waals surface area contributed by atoms with Crippen LogP contribution in [0.1, 0.15) is 24.5 Å². The molecule has 1 fully saturated rings. The van der Waals surface area contributed by atoms with E-state index in [1.165, 1.54) is 23.9 Å². The number of thioether (sulfide) groups is 1. The minimum Gasteiger partial charge on any atom is -0.508 e. The summed E-state index contributed by atoms with van der Waals surface area (Å²) in [5.74, 6) is -3.80. The molecule has 3 rings (SSSR count). The first-order valence-electron chi connectivity index (χ1n) is 17.0. The number of ether oxygens (including phenoxy) is 2. The summed E-state index contributed by atoms with van der Waals surface area (Å²) in [5.41, 5.74) is 7.30. The summed E-state index contributed by atoms with van der Waals surface area (Å²) in [4.78, 5) is 75.9. The molecule has 8 atom stereocenters. The van der Waals surface area contributed by atoms with Gasteiger partial charge in [0.2, 0.25) is 29.5 Å². The third-order valence-corrected chi connectivity index (χ3v) is 8.87. The fourth-order valence-electron chi connectivity index (χ4n) is 5.32. The molecule has 2 aromatic carbocycles. The topological polar surface area (TPSA) is 288 Å². The number of aliphatic hydroxyl groups is 3. The predicted octanol–water partition coefficient (Wildman–Crippen LogP) is -3.05. The number of phenols is 1. The molecule has 0 saturated carbocycles. The van der Waals surface area contributed by atoms with Gasteiger partial charge in [0.05, 0.1) is 19.1 Å². The van der Waals surface area contributed by atoms with Crippen molar-refractivity contribution in [3.8, 4) is 5.75 Å². The number of aromatic hydroxyl groups is 1. The van der Waals surface area contributed by atoms with E-state index in [1.54, 1.807) is 48.7 Å². The number of benzene rings is 2. The van der Waals surface area contributed by atoms with Crippen molar-refractivity contribution in [1.82, 2.24) is 26.6 Å². The van der Waals surface area contributed by atoms with Gasteiger partial charge in [0.25, 0.3) is 0 Å². The van der Waals surface area contributed by atoms with Gasteiger partial charge in [0.15, 0.2) is 6.29 Å². The van der Waals surface area contributed by atoms with Crippen molar-refractivity contribution in [2.75, 3.05) is 31.7 Å². The smallest absolute Gasteiger partial charge is 0.328 e. The van der Waals surface area contributed by atoms with Crippen LogP contribution in [0.15, 0.2) is 54.6 Å². The number of hydrogen-bond acceptors (Lipinski definition) is 14. The maximum atomic E-state index is 13.6. The number of nitrogens with one attached hydrogen (secondary N) is 5. The molecule has 0 radical (unpaired) electrons. The van der Waals surface area contributed by atoms with Gasteiger partial charge in [-0.05, 0) is 48.1 Å². The number of esters is 1. The second-order valence-corrected chi connectivity index (χ2v) is 13.5. The molecule has 1 unspecified atom stereocenters. The number of amides is 5. The molecule has 1 heterocycles. The molecule has 1 saturated heterocycles. The highest BCUT2D eigenvalue weighted by atomic mass is 32.2. The Morgan fingerprint density at radius 1 is 0.833 bits per heavy atom. The van der Waals surface area contributed by atoms with E-state index in [9.17, 15) is 49.2 Å². The number of phenolic OH excluding ortho intramolecular Hbond substituents is 1. The lowest BCUT2D eigenvalue weighted by Gasteiger charge is -2.40. The Balaban J connectivity index is 1.57. The van der Waals surface area contributed by atoms with Gasteiger partial charge in [-0.2, -0.15) is 11.8 Å². The monoisotopic (exact) mass is 776 g/mol. The van der Waals surface area contributed by atoms with Crippen LogP contribution < -0.4 is 32.3 Å². The van der Waals surface area contributed by atoms with E-state index in [2.05, 4.69) is 26.6 Å². The van der Waals surface area contributed by atoms with Crippen LogP contribution in [0.3, 0.4) is 0 Å². The summed E-state index contributed by atoms with van der Waals surface area (Å²) in [6, 6.07) is 10.1. The van der Waals surface area contributed by atoms with Crippen molar-refractivity contribution < 1.29 is 58.7 Å². The van der Waals surface area contributed by atoms with E-state index in [0.29, 0.717) is 16.9 Å². The molecule has 0 aromatic heterocycles. The zero-order chi connectivity index (χ0) is 39.8. The molecule has 19 heteroatoms. The Kier molecular flexibility index (Phi) is 17.6. The van der Waals surface area contributed by atoms with Crippen molar-refractivity contribution in [2.24, 2.45) is 5.73 Å². The molecule has 0 spiro atoms. The average Bonchev–Trinajstić information content (AvgIpc) is 3.14. The van der Waals surface area contributed by atoms with Gasteiger partial charge in [-0.3, -0.25) is 24.0 Å². The maximum Gasteiger partial charge on any atom is 0.328 e. The van der Waals surface area contributed by atoms with Crippen LogP contribution in [0.4, 0.5) is 0 Å². The van der Waals surface area contributed by atoms with Gasteiger partial charge in [0, 0.05) is 13.3 Å². The van der Waals surface area contributed by atoms with Crippen molar-refractivity contribution in [2.45, 2.75) is 75.0 Å². The van der Waals surface area contributed by atoms with Crippen LogP contribution in [0, 0.1) is 0 Å². The highest BCUT2D eigenvalue weighted by Crippen LogP contribution is 2.21. The van der Waals surface area contributed by atoms with E-state index < -0.39 is 104 Å². The van der Waals surface area contributed by atoms with Crippen LogP contribution in [0.25, 0.3) is 0 Å². The first-order valence-corrected chi connectivity index (χ1v) is 18.4. The molecular weight excluding hydrogens is 728 g/mol. The second kappa shape index (κ2) is 21.8. The summed E-state index contributed by atoms with van der Waals surface area (Å²) in [5, 5.41) is 52.7. The van der Waals surface area contributed by atoms with Gasteiger partial charge in [-0.1, -0.05) is 42.5 Å². The van der Waals surface area contributed by atoms with Crippen LogP contribution in [-0.4, -0.2) is 136 Å². The fourth-order valence-corrected chi connectivity index (χ4v) is 5.79. The Morgan fingerprint density at radius 3 is 2.13 bits per heavy atom. The third-order valence-electron chi connectivity index (χ3n) is 8.22. The van der Waals surface area contributed by atoms with Crippen molar-refractivity contribution >= 4 is 47.3 Å². The Morgan fingerprint density at radius 2 is 1.48 bits per heavy atom. The van der Waals surface area contributed by atoms with E-state index in [4.69, 9.17) is 15.2 Å². The van der Waals surface area contributed by atoms with E-state index in [0.717, 1.165) is 6.92 Å². The highest BCUT2D eigenvalue weighted by molar-refractivity contribution is 7.98. The lowest BCUT2D eigenvalue weighted by Crippen LogP contribution is -2.64. The van der Waals surface area contributed by atoms with Gasteiger partial charge in [0.1, 0.15) is 48.8 Å². The maximum absolute atomic E-state index is 13.6. The number of carbonyl (C=O) groups excluding carboxylic acids is 6. The van der Waals surface area contributed by atoms with E-state index >= 15 is 0 Å². The van der Waals surface area contributed by atoms with Gasteiger partial charge in [-0.15, -0.1) is 0 Å². The molecule has 0 bridgehead atoms. The summed E-state index contributed by atoms with van der Waals surface area (Å²) in [7, 11) is 0. The summed E-state index contributed by atoms with van der Waals surface area (Å²) in [6.45, 7) is -0.475. The number of nitrogens with two attached hydrogens (primary N) is 1. The standard InChI is InChI=1S/C35H48N6O12S/c1-19(42)39-29-31(47)30(46)26(53-35(29)51)18-52-34(50)24(12-13-54-2)41-33(49)25(15-20-6-4-3-5-7-20)40-28(45)17-37-27(44)16-38-32(48)23(36)14-21-8-10-22(43)11-9-21/h3-11,23-26,29-31,35,43,46-47,51H,12-18,36H2,1-2H3,(H,37,44)(H,38,48)(H,39,42)(H,40,45)(H,41,49)/t23-,24-,25-,26+,29+,30+,31+,35?/m0/s1. The molecule has 1 aliphatic rings. The van der Waals surface area contributed by atoms with Crippen molar-refractivity contribution in [3.63, 3.8) is 0 Å². The molecule has 0 aliphatic carbocycles. The largest absolute Gasteiger partial charge is 0.508 e. The van der Waals surface area contributed by atoms with Crippen LogP contribution >= 0.6 is 11.8 Å². The van der Waals surface area contributed by atoms with E-state index in [-0.39, 0.29) is 25.0 Å². The van der Waals surface area contributed by atoms with Crippen molar-refractivity contribution in [3.05, 3.63) is 65.7 Å². The fraction of sp³-hybridized carbons (Fsp3) is 0.486. The minimum absolute atomic E-state index is 0.0129. The number of hydrogen-bond donors (Lipinski definition) is 10. The number of aliphatic hydroxyl groups excluding tert-OH is 3. The Hall–Kier alpha value is -4.79. The summed E-state index contributed by atoms with van der Waals surface area (Å²) in [6.07, 6.45) is -4.29. The van der Waals surface area contributed by atoms with Crippen LogP contribution in [-0.2, 0) is 51.1 Å². The second-order valence-electron chi connectivity index (χ2n) is 12.5. The van der Waals surface area contributed by atoms with Crippen LogP contribution in [0.2, 0.25) is 0 Å². The molecule has 54 heavy (non-hydrogen) atoms. The molecule has 11 N–H and O–H groups in total. The predicted molar refractivity (Wildman–Crippen MR) is 194 cm³/mol. The van der Waals surface area contributed by atoms with Gasteiger partial charge < -0.3 is 62.2 Å². The Bertz CT molecular complexity index is 1570. The zero-order valence-electron chi connectivity index (χ0n) is 29.8. The molecule has 18 nitrogen and oxygen atoms in total. The first-order chi connectivity index (χ1) is 25.7. The molecule has 1 aliphatic heterocycles. The first kappa shape index (κ1) is 43.6. The quantitative estimate of drug-likeness (QED) is 0.0635. The van der Waals surface area contributed by atoms with Crippen molar-refractivity contribution in [1.29, 1.82) is 0 Å². The lowest BCUT2D eigenvalue weighted by molar-refractivity contribution is -0.255. The normalized spacial score (nSPS) is 21.0.